The predicted octanol–water partition coefficient (Wildman–Crippen LogP) is 3.19. The van der Waals surface area contributed by atoms with Gasteiger partial charge in [0.25, 0.3) is 0 Å². The molecule has 5 rings (SSSR count). The molecule has 4 heteroatoms. The monoisotopic (exact) mass is 350 g/mol. The first-order chi connectivity index (χ1) is 12.8. The fourth-order valence-electron chi connectivity index (χ4n) is 5.11. The Kier molecular flexibility index (Phi) is 4.33. The number of fused-ring (bicyclic) bond motifs is 3. The highest BCUT2D eigenvalue weighted by molar-refractivity contribution is 5.93. The third-order valence-corrected chi connectivity index (χ3v) is 6.71. The van der Waals surface area contributed by atoms with Gasteiger partial charge in [-0.3, -0.25) is 4.98 Å². The van der Waals surface area contributed by atoms with E-state index in [4.69, 9.17) is 10.7 Å². The van der Waals surface area contributed by atoms with E-state index in [1.165, 1.54) is 74.1 Å². The Hall–Kier alpha value is -1.65. The van der Waals surface area contributed by atoms with E-state index in [1.54, 1.807) is 0 Å². The third-order valence-electron chi connectivity index (χ3n) is 6.71. The van der Waals surface area contributed by atoms with Gasteiger partial charge in [-0.1, -0.05) is 24.6 Å². The number of hydrogen-bond acceptors (Lipinski definition) is 4. The van der Waals surface area contributed by atoms with Gasteiger partial charge in [-0.05, 0) is 62.1 Å². The maximum atomic E-state index is 6.05. The number of aryl methyl sites for hydroxylation is 1. The molecule has 3 aliphatic rings. The van der Waals surface area contributed by atoms with Crippen LogP contribution in [0.4, 0.5) is 5.69 Å². The lowest BCUT2D eigenvalue weighted by Crippen LogP contribution is -2.30. The van der Waals surface area contributed by atoms with Crippen LogP contribution in [0, 0.1) is 11.8 Å². The normalized spacial score (nSPS) is 27.8. The first kappa shape index (κ1) is 16.5. The van der Waals surface area contributed by atoms with Crippen molar-refractivity contribution in [3.05, 3.63) is 35.5 Å². The van der Waals surface area contributed by atoms with Crippen LogP contribution in [0.3, 0.4) is 0 Å². The van der Waals surface area contributed by atoms with Crippen molar-refractivity contribution < 1.29 is 0 Å². The molecular weight excluding hydrogens is 320 g/mol. The molecule has 3 atom stereocenters. The number of piperidine rings is 1. The molecule has 2 heterocycles. The number of nitrogens with one attached hydrogen (secondary N) is 1. The van der Waals surface area contributed by atoms with Crippen LogP contribution < -0.4 is 11.1 Å². The summed E-state index contributed by atoms with van der Waals surface area (Å²) in [6, 6.07) is 9.13. The minimum Gasteiger partial charge on any atom is -0.384 e. The van der Waals surface area contributed by atoms with Crippen molar-refractivity contribution >= 4 is 16.6 Å². The van der Waals surface area contributed by atoms with Crippen molar-refractivity contribution in [2.24, 2.45) is 17.6 Å². The fraction of sp³-hybridized carbons (Fsp3) is 0.591. The largest absolute Gasteiger partial charge is 0.384 e. The van der Waals surface area contributed by atoms with Gasteiger partial charge < -0.3 is 16.0 Å². The predicted molar refractivity (Wildman–Crippen MR) is 108 cm³/mol. The molecule has 0 spiro atoms. The van der Waals surface area contributed by atoms with Gasteiger partial charge in [-0.2, -0.15) is 0 Å². The maximum absolute atomic E-state index is 6.05. The molecule has 0 amide bonds. The van der Waals surface area contributed by atoms with Crippen LogP contribution in [0.5, 0.6) is 0 Å². The van der Waals surface area contributed by atoms with Crippen molar-refractivity contribution in [3.63, 3.8) is 0 Å². The number of rotatable bonds is 5. The number of nitrogens with two attached hydrogens (primary N) is 1. The van der Waals surface area contributed by atoms with Crippen LogP contribution in [-0.4, -0.2) is 42.1 Å². The van der Waals surface area contributed by atoms with Gasteiger partial charge in [-0.25, -0.2) is 0 Å². The smallest absolute Gasteiger partial charge is 0.0726 e. The topological polar surface area (TPSA) is 54.2 Å². The summed E-state index contributed by atoms with van der Waals surface area (Å²) < 4.78 is 0. The first-order valence-corrected chi connectivity index (χ1v) is 10.4. The number of nitrogens with zero attached hydrogens (tertiary/aromatic N) is 2. The standard InChI is InChI=1S/C22H30N4/c23-21-17-13-26(14-18(17)21)12-6-11-24-22-15-7-2-1-3-9-19(15)25-20-10-5-4-8-16(20)22/h4-5,8,10,17-18,21H,1-3,6-7,9,11-14,23H2,(H,24,25)/t17-,18+,21?. The third kappa shape index (κ3) is 2.99. The molecule has 2 aromatic rings. The zero-order chi connectivity index (χ0) is 17.5. The zero-order valence-electron chi connectivity index (χ0n) is 15.6. The van der Waals surface area contributed by atoms with E-state index in [0.29, 0.717) is 6.04 Å². The average Bonchev–Trinajstić information content (AvgIpc) is 3.13. The summed E-state index contributed by atoms with van der Waals surface area (Å²) >= 11 is 0. The summed E-state index contributed by atoms with van der Waals surface area (Å²) in [5, 5.41) is 5.10. The lowest BCUT2D eigenvalue weighted by atomic mass is 10.0. The van der Waals surface area contributed by atoms with Gasteiger partial charge in [0.05, 0.1) is 5.52 Å². The van der Waals surface area contributed by atoms with Gasteiger partial charge in [0.2, 0.25) is 0 Å². The molecule has 1 aliphatic heterocycles. The van der Waals surface area contributed by atoms with Gasteiger partial charge in [0, 0.05) is 42.4 Å². The van der Waals surface area contributed by atoms with Crippen LogP contribution in [0.2, 0.25) is 0 Å². The summed E-state index contributed by atoms with van der Waals surface area (Å²) in [6.45, 7) is 4.68. The molecule has 2 aliphatic carbocycles. The molecule has 1 aromatic heterocycles. The Morgan fingerprint density at radius 2 is 1.88 bits per heavy atom. The van der Waals surface area contributed by atoms with Crippen molar-refractivity contribution in [1.29, 1.82) is 0 Å². The van der Waals surface area contributed by atoms with Crippen molar-refractivity contribution in [2.75, 3.05) is 31.5 Å². The minimum absolute atomic E-state index is 0.503. The summed E-state index contributed by atoms with van der Waals surface area (Å²) in [5.41, 5.74) is 11.4. The van der Waals surface area contributed by atoms with Crippen molar-refractivity contribution in [2.45, 2.75) is 44.6 Å². The zero-order valence-corrected chi connectivity index (χ0v) is 15.6. The van der Waals surface area contributed by atoms with Crippen molar-refractivity contribution in [3.8, 4) is 0 Å². The van der Waals surface area contributed by atoms with Crippen LogP contribution in [0.15, 0.2) is 24.3 Å². The van der Waals surface area contributed by atoms with E-state index in [2.05, 4.69) is 34.5 Å². The van der Waals surface area contributed by atoms with E-state index < -0.39 is 0 Å². The molecule has 0 bridgehead atoms. The minimum atomic E-state index is 0.503. The summed E-state index contributed by atoms with van der Waals surface area (Å²) in [5.74, 6) is 1.59. The number of aromatic nitrogens is 1. The number of benzene rings is 1. The molecule has 1 saturated carbocycles. The van der Waals surface area contributed by atoms with E-state index in [0.717, 1.165) is 30.3 Å². The molecule has 0 radical (unpaired) electrons. The highest BCUT2D eigenvalue weighted by Gasteiger charge is 2.53. The van der Waals surface area contributed by atoms with Gasteiger partial charge in [-0.15, -0.1) is 0 Å². The molecule has 1 saturated heterocycles. The molecule has 2 fully saturated rings. The number of anilines is 1. The van der Waals surface area contributed by atoms with Crippen molar-refractivity contribution in [1.82, 2.24) is 9.88 Å². The molecule has 4 nitrogen and oxygen atoms in total. The number of para-hydroxylation sites is 1. The van der Waals surface area contributed by atoms with Gasteiger partial charge in [0.1, 0.15) is 0 Å². The molecule has 1 aromatic carbocycles. The second-order valence-electron chi connectivity index (χ2n) is 8.43. The lowest BCUT2D eigenvalue weighted by Gasteiger charge is -2.20. The molecular formula is C22H30N4. The van der Waals surface area contributed by atoms with Gasteiger partial charge >= 0.3 is 0 Å². The SMILES string of the molecule is NC1[C@H]2CN(CCCNc3c4c(nc5ccccc35)CCCCC4)C[C@@H]12. The Balaban J connectivity index is 1.29. The maximum Gasteiger partial charge on any atom is 0.0726 e. The highest BCUT2D eigenvalue weighted by Crippen LogP contribution is 2.43. The van der Waals surface area contributed by atoms with Gasteiger partial charge in [0.15, 0.2) is 0 Å². The van der Waals surface area contributed by atoms with E-state index in [1.807, 2.05) is 0 Å². The number of likely N-dealkylation sites (tertiary alicyclic amines) is 1. The Morgan fingerprint density at radius 1 is 1.08 bits per heavy atom. The quantitative estimate of drug-likeness (QED) is 0.642. The Morgan fingerprint density at radius 3 is 2.77 bits per heavy atom. The highest BCUT2D eigenvalue weighted by atomic mass is 15.2. The summed E-state index contributed by atoms with van der Waals surface area (Å²) in [4.78, 5) is 7.59. The second kappa shape index (κ2) is 6.82. The van der Waals surface area contributed by atoms with E-state index >= 15 is 0 Å². The van der Waals surface area contributed by atoms with E-state index in [-0.39, 0.29) is 0 Å². The fourth-order valence-corrected chi connectivity index (χ4v) is 5.11. The summed E-state index contributed by atoms with van der Waals surface area (Å²) in [6.07, 6.45) is 7.38. The Labute approximate surface area is 156 Å². The molecule has 26 heavy (non-hydrogen) atoms. The average molecular weight is 351 g/mol. The van der Waals surface area contributed by atoms with Crippen LogP contribution in [0.1, 0.15) is 36.9 Å². The lowest BCUT2D eigenvalue weighted by molar-refractivity contribution is 0.297. The number of pyridine rings is 1. The number of hydrogen-bond donors (Lipinski definition) is 2. The summed E-state index contributed by atoms with van der Waals surface area (Å²) in [7, 11) is 0. The molecule has 138 valence electrons. The molecule has 3 N–H and O–H groups in total. The Bertz CT molecular complexity index is 790. The second-order valence-corrected chi connectivity index (χ2v) is 8.43. The molecule has 1 unspecified atom stereocenters. The van der Waals surface area contributed by atoms with Crippen LogP contribution in [-0.2, 0) is 12.8 Å². The van der Waals surface area contributed by atoms with E-state index in [9.17, 15) is 0 Å². The van der Waals surface area contributed by atoms with Crippen LogP contribution >= 0.6 is 0 Å². The first-order valence-electron chi connectivity index (χ1n) is 10.4. The van der Waals surface area contributed by atoms with Crippen LogP contribution in [0.25, 0.3) is 10.9 Å².